The molecule has 1 aromatic heterocycles. The third kappa shape index (κ3) is 5.52. The van der Waals surface area contributed by atoms with Gasteiger partial charge in [0.05, 0.1) is 5.41 Å². The molecule has 0 radical (unpaired) electrons. The lowest BCUT2D eigenvalue weighted by molar-refractivity contribution is -0.132. The lowest BCUT2D eigenvalue weighted by atomic mass is 9.92. The van der Waals surface area contributed by atoms with Crippen molar-refractivity contribution in [2.45, 2.75) is 47.1 Å². The fraction of sp³-hybridized carbons (Fsp3) is 0.500. The summed E-state index contributed by atoms with van der Waals surface area (Å²) in [7, 11) is 0. The van der Waals surface area contributed by atoms with Crippen LogP contribution in [-0.2, 0) is 9.59 Å². The van der Waals surface area contributed by atoms with E-state index >= 15 is 0 Å². The second-order valence-electron chi connectivity index (χ2n) is 7.63. The Labute approximate surface area is 175 Å². The minimum Gasteiger partial charge on any atom is -0.344 e. The Hall–Kier alpha value is -1.99. The van der Waals surface area contributed by atoms with Crippen molar-refractivity contribution in [2.24, 2.45) is 11.3 Å². The summed E-state index contributed by atoms with van der Waals surface area (Å²) in [6, 6.07) is 7.26. The van der Waals surface area contributed by atoms with Gasteiger partial charge in [-0.1, -0.05) is 55.4 Å². The number of alkyl halides is 1. The molecule has 0 bridgehead atoms. The number of amides is 2. The van der Waals surface area contributed by atoms with Crippen LogP contribution in [0.5, 0.6) is 0 Å². The van der Waals surface area contributed by atoms with Crippen LogP contribution in [0.15, 0.2) is 24.3 Å². The van der Waals surface area contributed by atoms with E-state index in [9.17, 15) is 9.59 Å². The van der Waals surface area contributed by atoms with Gasteiger partial charge in [0.25, 0.3) is 0 Å². The summed E-state index contributed by atoms with van der Waals surface area (Å²) in [5.74, 6) is -0.427. The number of rotatable bonds is 8. The fourth-order valence-electron chi connectivity index (χ4n) is 2.45. The van der Waals surface area contributed by atoms with Gasteiger partial charge in [0.2, 0.25) is 16.9 Å². The average Bonchev–Trinajstić information content (AvgIpc) is 3.13. The van der Waals surface area contributed by atoms with E-state index in [4.69, 9.17) is 11.6 Å². The summed E-state index contributed by atoms with van der Waals surface area (Å²) in [6.07, 6.45) is 0.740. The SMILES string of the molecule is CCC(C)C(NC(=O)C(C)(C)CCl)C(=O)Nc1nnc(-c2cccc(C)c2)s1. The van der Waals surface area contributed by atoms with E-state index in [1.54, 1.807) is 13.8 Å². The molecule has 8 heteroatoms. The Morgan fingerprint density at radius 2 is 2.00 bits per heavy atom. The zero-order valence-electron chi connectivity index (χ0n) is 16.9. The van der Waals surface area contributed by atoms with Gasteiger partial charge < -0.3 is 5.32 Å². The van der Waals surface area contributed by atoms with Crippen molar-refractivity contribution in [3.8, 4) is 10.6 Å². The summed E-state index contributed by atoms with van der Waals surface area (Å²) < 4.78 is 0. The summed E-state index contributed by atoms with van der Waals surface area (Å²) in [5.41, 5.74) is 1.32. The molecule has 1 aromatic carbocycles. The molecule has 0 aliphatic rings. The zero-order valence-corrected chi connectivity index (χ0v) is 18.4. The molecule has 2 rings (SSSR count). The second-order valence-corrected chi connectivity index (χ2v) is 8.87. The number of anilines is 1. The van der Waals surface area contributed by atoms with E-state index in [0.717, 1.165) is 22.6 Å². The highest BCUT2D eigenvalue weighted by molar-refractivity contribution is 7.18. The Bertz CT molecular complexity index is 837. The van der Waals surface area contributed by atoms with Crippen LogP contribution >= 0.6 is 22.9 Å². The van der Waals surface area contributed by atoms with Gasteiger partial charge in [-0.2, -0.15) is 0 Å². The van der Waals surface area contributed by atoms with E-state index in [1.807, 2.05) is 45.0 Å². The Kier molecular flexibility index (Phi) is 7.55. The first kappa shape index (κ1) is 22.3. The minimum atomic E-state index is -0.755. The van der Waals surface area contributed by atoms with Gasteiger partial charge in [-0.05, 0) is 32.8 Å². The summed E-state index contributed by atoms with van der Waals surface area (Å²) in [5, 5.41) is 15.0. The van der Waals surface area contributed by atoms with Crippen LogP contribution in [0.2, 0.25) is 0 Å². The van der Waals surface area contributed by atoms with Gasteiger partial charge >= 0.3 is 0 Å². The fourth-order valence-corrected chi connectivity index (χ4v) is 3.32. The highest BCUT2D eigenvalue weighted by Gasteiger charge is 2.33. The smallest absolute Gasteiger partial charge is 0.249 e. The Morgan fingerprint density at radius 1 is 1.29 bits per heavy atom. The maximum absolute atomic E-state index is 12.8. The van der Waals surface area contributed by atoms with Gasteiger partial charge in [0.1, 0.15) is 11.0 Å². The number of halogens is 1. The van der Waals surface area contributed by atoms with Crippen molar-refractivity contribution in [1.29, 1.82) is 0 Å². The minimum absolute atomic E-state index is 0.0424. The monoisotopic (exact) mass is 422 g/mol. The van der Waals surface area contributed by atoms with Gasteiger partial charge in [-0.25, -0.2) is 0 Å². The third-order valence-electron chi connectivity index (χ3n) is 4.65. The van der Waals surface area contributed by atoms with Gasteiger partial charge in [-0.3, -0.25) is 14.9 Å². The molecule has 0 saturated heterocycles. The van der Waals surface area contributed by atoms with Crippen LogP contribution in [-0.4, -0.2) is 33.9 Å². The molecule has 2 unspecified atom stereocenters. The molecule has 2 N–H and O–H groups in total. The zero-order chi connectivity index (χ0) is 20.9. The lowest BCUT2D eigenvalue weighted by Crippen LogP contribution is -2.51. The molecule has 0 spiro atoms. The van der Waals surface area contributed by atoms with E-state index < -0.39 is 11.5 Å². The van der Waals surface area contributed by atoms with Gasteiger partial charge in [0.15, 0.2) is 0 Å². The van der Waals surface area contributed by atoms with Crippen LogP contribution in [0.4, 0.5) is 5.13 Å². The van der Waals surface area contributed by atoms with E-state index in [2.05, 4.69) is 20.8 Å². The van der Waals surface area contributed by atoms with Crippen molar-refractivity contribution in [2.75, 3.05) is 11.2 Å². The first-order chi connectivity index (χ1) is 13.2. The molecular weight excluding hydrogens is 396 g/mol. The first-order valence-electron chi connectivity index (χ1n) is 9.26. The van der Waals surface area contributed by atoms with E-state index in [-0.39, 0.29) is 23.6 Å². The van der Waals surface area contributed by atoms with Crippen LogP contribution in [0.25, 0.3) is 10.6 Å². The number of benzene rings is 1. The summed E-state index contributed by atoms with van der Waals surface area (Å²) in [6.45, 7) is 9.41. The number of aromatic nitrogens is 2. The van der Waals surface area contributed by atoms with E-state index in [0.29, 0.717) is 5.13 Å². The van der Waals surface area contributed by atoms with Gasteiger partial charge in [-0.15, -0.1) is 21.8 Å². The number of nitrogens with zero attached hydrogens (tertiary/aromatic N) is 2. The molecule has 28 heavy (non-hydrogen) atoms. The number of carbonyl (C=O) groups excluding carboxylic acids is 2. The molecule has 152 valence electrons. The Morgan fingerprint density at radius 3 is 2.61 bits per heavy atom. The average molecular weight is 423 g/mol. The molecule has 1 heterocycles. The molecule has 0 aliphatic heterocycles. The first-order valence-corrected chi connectivity index (χ1v) is 10.6. The van der Waals surface area contributed by atoms with Crippen LogP contribution in [0.1, 0.15) is 39.7 Å². The largest absolute Gasteiger partial charge is 0.344 e. The van der Waals surface area contributed by atoms with Gasteiger partial charge in [0, 0.05) is 11.4 Å². The van der Waals surface area contributed by atoms with Crippen molar-refractivity contribution in [1.82, 2.24) is 15.5 Å². The van der Waals surface area contributed by atoms with Crippen molar-refractivity contribution in [3.05, 3.63) is 29.8 Å². The molecular formula is C20H27ClN4O2S. The molecule has 0 saturated carbocycles. The van der Waals surface area contributed by atoms with E-state index in [1.165, 1.54) is 11.3 Å². The van der Waals surface area contributed by atoms with Crippen molar-refractivity contribution in [3.63, 3.8) is 0 Å². The number of hydrogen-bond acceptors (Lipinski definition) is 5. The topological polar surface area (TPSA) is 84.0 Å². The highest BCUT2D eigenvalue weighted by atomic mass is 35.5. The lowest BCUT2D eigenvalue weighted by Gasteiger charge is -2.28. The van der Waals surface area contributed by atoms with Crippen molar-refractivity contribution >= 4 is 39.9 Å². The summed E-state index contributed by atoms with van der Waals surface area (Å²) in [4.78, 5) is 25.3. The predicted octanol–water partition coefficient (Wildman–Crippen LogP) is 4.25. The quantitative estimate of drug-likeness (QED) is 0.623. The van der Waals surface area contributed by atoms with Crippen molar-refractivity contribution < 1.29 is 9.59 Å². The highest BCUT2D eigenvalue weighted by Crippen LogP contribution is 2.27. The molecule has 0 aliphatic carbocycles. The number of carbonyl (C=O) groups is 2. The normalized spacial score (nSPS) is 13.6. The molecule has 6 nitrogen and oxygen atoms in total. The summed E-state index contributed by atoms with van der Waals surface area (Å²) >= 11 is 7.19. The molecule has 2 amide bonds. The molecule has 2 atom stereocenters. The van der Waals surface area contributed by atoms with Crippen LogP contribution in [0, 0.1) is 18.3 Å². The Balaban J connectivity index is 2.14. The maximum atomic E-state index is 12.8. The number of hydrogen-bond donors (Lipinski definition) is 2. The molecule has 2 aromatic rings. The second kappa shape index (κ2) is 9.47. The number of aryl methyl sites for hydroxylation is 1. The predicted molar refractivity (Wildman–Crippen MR) is 115 cm³/mol. The van der Waals surface area contributed by atoms with Crippen LogP contribution < -0.4 is 10.6 Å². The number of nitrogens with one attached hydrogen (secondary N) is 2. The standard InChI is InChI=1S/C20H27ClN4O2S/c1-6-13(3)15(22-18(27)20(4,5)11-21)16(26)23-19-25-24-17(28-19)14-9-7-8-12(2)10-14/h7-10,13,15H,6,11H2,1-5H3,(H,22,27)(H,23,25,26). The maximum Gasteiger partial charge on any atom is 0.249 e. The molecule has 0 fully saturated rings. The third-order valence-corrected chi connectivity index (χ3v) is 6.21. The van der Waals surface area contributed by atoms with Crippen LogP contribution in [0.3, 0.4) is 0 Å².